The van der Waals surface area contributed by atoms with E-state index in [1.165, 1.54) is 18.3 Å². The molecule has 0 saturated carbocycles. The summed E-state index contributed by atoms with van der Waals surface area (Å²) in [7, 11) is -2.89. The molecule has 6 nitrogen and oxygen atoms in total. The Hall–Kier alpha value is -1.34. The molecule has 0 fully saturated rings. The van der Waals surface area contributed by atoms with Crippen LogP contribution in [0.1, 0.15) is 20.8 Å². The van der Waals surface area contributed by atoms with Crippen LogP contribution < -0.4 is 0 Å². The lowest BCUT2D eigenvalue weighted by molar-refractivity contribution is 0.0521. The van der Waals surface area contributed by atoms with Crippen molar-refractivity contribution in [2.45, 2.75) is 31.4 Å². The quantitative estimate of drug-likeness (QED) is 0.756. The van der Waals surface area contributed by atoms with Crippen LogP contribution >= 0.6 is 0 Å². The van der Waals surface area contributed by atoms with Crippen molar-refractivity contribution in [3.8, 4) is 0 Å². The summed E-state index contributed by atoms with van der Waals surface area (Å²) in [6, 6.07) is 2.69. The molecule has 0 atom stereocenters. The van der Waals surface area contributed by atoms with Crippen LogP contribution in [0.2, 0.25) is 0 Å². The van der Waals surface area contributed by atoms with Gasteiger partial charge in [0.25, 0.3) is 0 Å². The Morgan fingerprint density at radius 2 is 1.94 bits per heavy atom. The molecular weight excluding hydrogens is 246 g/mol. The second kappa shape index (κ2) is 4.50. The van der Waals surface area contributed by atoms with Crippen LogP contribution in [-0.4, -0.2) is 31.8 Å². The molecule has 0 amide bonds. The number of nitrogens with zero attached hydrogens (tertiary/aromatic N) is 1. The van der Waals surface area contributed by atoms with Gasteiger partial charge in [0.05, 0.1) is 7.11 Å². The van der Waals surface area contributed by atoms with Gasteiger partial charge in [0.2, 0.25) is 0 Å². The largest absolute Gasteiger partial charge is 0.443 e. The van der Waals surface area contributed by atoms with Crippen LogP contribution in [0.25, 0.3) is 0 Å². The van der Waals surface area contributed by atoms with Crippen LogP contribution in [0.3, 0.4) is 0 Å². The molecule has 0 unspecified atom stereocenters. The predicted octanol–water partition coefficient (Wildman–Crippen LogP) is 1.61. The fourth-order valence-electron chi connectivity index (χ4n) is 1.12. The number of hydrogen-bond acceptors (Lipinski definition) is 5. The molecule has 0 aromatic carbocycles. The van der Waals surface area contributed by atoms with E-state index in [2.05, 4.69) is 4.18 Å². The van der Waals surface area contributed by atoms with Gasteiger partial charge >= 0.3 is 16.2 Å². The highest BCUT2D eigenvalue weighted by molar-refractivity contribution is 7.86. The maximum atomic E-state index is 11.7. The molecule has 0 aliphatic rings. The lowest BCUT2D eigenvalue weighted by atomic mass is 10.2. The molecule has 96 valence electrons. The fraction of sp³-hybridized carbons (Fsp3) is 0.500. The van der Waals surface area contributed by atoms with Gasteiger partial charge in [-0.25, -0.2) is 9.36 Å². The van der Waals surface area contributed by atoms with Gasteiger partial charge in [0.1, 0.15) is 5.60 Å². The molecule has 0 bridgehead atoms. The molecule has 1 aromatic rings. The maximum absolute atomic E-state index is 11.7. The summed E-state index contributed by atoms with van der Waals surface area (Å²) < 4.78 is 33.3. The Bertz CT molecular complexity index is 509. The third kappa shape index (κ3) is 3.31. The Morgan fingerprint density at radius 3 is 2.41 bits per heavy atom. The summed E-state index contributed by atoms with van der Waals surface area (Å²) >= 11 is 0. The zero-order valence-electron chi connectivity index (χ0n) is 10.1. The standard InChI is InChI=1S/C10H15NO5S/c1-10(2,3)16-9(12)11-7-5-6-8(11)17(13,14)15-4/h5-7H,1-4H3. The summed E-state index contributed by atoms with van der Waals surface area (Å²) in [6.45, 7) is 5.08. The molecule has 17 heavy (non-hydrogen) atoms. The van der Waals surface area contributed by atoms with Gasteiger partial charge in [0.15, 0.2) is 5.03 Å². The van der Waals surface area contributed by atoms with Crippen molar-refractivity contribution in [2.75, 3.05) is 7.11 Å². The van der Waals surface area contributed by atoms with Crippen molar-refractivity contribution in [1.82, 2.24) is 4.57 Å². The highest BCUT2D eigenvalue weighted by Crippen LogP contribution is 2.16. The maximum Gasteiger partial charge on any atom is 0.419 e. The molecule has 0 aliphatic heterocycles. The van der Waals surface area contributed by atoms with Gasteiger partial charge in [-0.15, -0.1) is 0 Å². The van der Waals surface area contributed by atoms with E-state index in [-0.39, 0.29) is 5.03 Å². The second-order valence-electron chi connectivity index (χ2n) is 4.32. The summed E-state index contributed by atoms with van der Waals surface area (Å²) in [4.78, 5) is 11.7. The van der Waals surface area contributed by atoms with Gasteiger partial charge in [0, 0.05) is 6.20 Å². The first-order valence-electron chi connectivity index (χ1n) is 4.89. The Kier molecular flexibility index (Phi) is 3.63. The number of ether oxygens (including phenoxy) is 1. The van der Waals surface area contributed by atoms with Crippen LogP contribution in [0.15, 0.2) is 23.4 Å². The molecule has 0 radical (unpaired) electrons. The van der Waals surface area contributed by atoms with E-state index < -0.39 is 21.8 Å². The molecule has 7 heteroatoms. The van der Waals surface area contributed by atoms with E-state index >= 15 is 0 Å². The van der Waals surface area contributed by atoms with E-state index in [9.17, 15) is 13.2 Å². The minimum atomic E-state index is -3.92. The normalized spacial score (nSPS) is 12.5. The monoisotopic (exact) mass is 261 g/mol. The topological polar surface area (TPSA) is 74.6 Å². The van der Waals surface area contributed by atoms with Crippen LogP contribution in [-0.2, 0) is 19.0 Å². The van der Waals surface area contributed by atoms with Crippen LogP contribution in [0, 0.1) is 0 Å². The zero-order valence-corrected chi connectivity index (χ0v) is 10.9. The van der Waals surface area contributed by atoms with Crippen molar-refractivity contribution >= 4 is 16.2 Å². The summed E-state index contributed by atoms with van der Waals surface area (Å²) in [5, 5.41) is -0.255. The fourth-order valence-corrected chi connectivity index (χ4v) is 1.91. The predicted molar refractivity (Wildman–Crippen MR) is 60.3 cm³/mol. The van der Waals surface area contributed by atoms with Crippen molar-refractivity contribution in [1.29, 1.82) is 0 Å². The van der Waals surface area contributed by atoms with E-state index in [1.54, 1.807) is 20.8 Å². The third-order valence-electron chi connectivity index (χ3n) is 1.78. The summed E-state index contributed by atoms with van der Waals surface area (Å²) in [6.07, 6.45) is 0.540. The average molecular weight is 261 g/mol. The lowest BCUT2D eigenvalue weighted by Crippen LogP contribution is -2.28. The first-order valence-corrected chi connectivity index (χ1v) is 6.29. The van der Waals surface area contributed by atoms with E-state index in [0.717, 1.165) is 11.7 Å². The number of aromatic nitrogens is 1. The zero-order chi connectivity index (χ0) is 13.3. The highest BCUT2D eigenvalue weighted by atomic mass is 32.2. The minimum Gasteiger partial charge on any atom is -0.443 e. The van der Waals surface area contributed by atoms with E-state index in [0.29, 0.717) is 0 Å². The van der Waals surface area contributed by atoms with E-state index in [4.69, 9.17) is 4.74 Å². The highest BCUT2D eigenvalue weighted by Gasteiger charge is 2.25. The Labute approximate surface area is 100 Å². The van der Waals surface area contributed by atoms with Crippen LogP contribution in [0.4, 0.5) is 4.79 Å². The molecule has 0 N–H and O–H groups in total. The molecular formula is C10H15NO5S. The molecule has 0 spiro atoms. The summed E-state index contributed by atoms with van der Waals surface area (Å²) in [5.74, 6) is 0. The summed E-state index contributed by atoms with van der Waals surface area (Å²) in [5.41, 5.74) is -0.699. The Balaban J connectivity index is 3.10. The number of rotatable bonds is 2. The van der Waals surface area contributed by atoms with Gasteiger partial charge in [-0.05, 0) is 32.9 Å². The number of hydrogen-bond donors (Lipinski definition) is 0. The average Bonchev–Trinajstić information content (AvgIpc) is 2.63. The van der Waals surface area contributed by atoms with Gasteiger partial charge in [-0.3, -0.25) is 4.18 Å². The number of carbonyl (C=O) groups is 1. The van der Waals surface area contributed by atoms with Crippen molar-refractivity contribution < 1.29 is 22.1 Å². The van der Waals surface area contributed by atoms with Crippen molar-refractivity contribution in [2.24, 2.45) is 0 Å². The van der Waals surface area contributed by atoms with Crippen molar-refractivity contribution in [3.05, 3.63) is 18.3 Å². The third-order valence-corrected chi connectivity index (χ3v) is 3.06. The lowest BCUT2D eigenvalue weighted by Gasteiger charge is -2.20. The van der Waals surface area contributed by atoms with Crippen LogP contribution in [0.5, 0.6) is 0 Å². The van der Waals surface area contributed by atoms with E-state index in [1.807, 2.05) is 0 Å². The smallest absolute Gasteiger partial charge is 0.419 e. The number of carbonyl (C=O) groups excluding carboxylic acids is 1. The Morgan fingerprint density at radius 1 is 1.35 bits per heavy atom. The molecule has 0 saturated heterocycles. The molecule has 1 heterocycles. The molecule has 1 rings (SSSR count). The molecule has 0 aliphatic carbocycles. The van der Waals surface area contributed by atoms with Gasteiger partial charge < -0.3 is 4.74 Å². The van der Waals surface area contributed by atoms with Gasteiger partial charge in [-0.1, -0.05) is 0 Å². The van der Waals surface area contributed by atoms with Gasteiger partial charge in [-0.2, -0.15) is 8.42 Å². The second-order valence-corrected chi connectivity index (χ2v) is 5.98. The minimum absolute atomic E-state index is 0.255. The van der Waals surface area contributed by atoms with Crippen molar-refractivity contribution in [3.63, 3.8) is 0 Å². The first-order chi connectivity index (χ1) is 7.67. The first kappa shape index (κ1) is 13.7. The molecule has 1 aromatic heterocycles. The SMILES string of the molecule is COS(=O)(=O)c1cccn1C(=O)OC(C)(C)C.